The summed E-state index contributed by atoms with van der Waals surface area (Å²) in [5.74, 6) is 0. The number of hydrogen-bond acceptors (Lipinski definition) is 2. The Morgan fingerprint density at radius 3 is 1.06 bits per heavy atom. The van der Waals surface area contributed by atoms with E-state index < -0.39 is 0 Å². The second-order valence-electron chi connectivity index (χ2n) is 19.0. The molecular formula is C75H72N2. The molecule has 0 aliphatic carbocycles. The maximum atomic E-state index is 4.09. The Labute approximate surface area is 460 Å². The first-order chi connectivity index (χ1) is 37.6. The lowest BCUT2D eigenvalue weighted by Gasteiger charge is -2.29. The van der Waals surface area contributed by atoms with Crippen LogP contribution in [0.2, 0.25) is 0 Å². The molecule has 11 aromatic rings. The van der Waals surface area contributed by atoms with Crippen LogP contribution >= 0.6 is 0 Å². The second kappa shape index (κ2) is 29.0. The molecule has 0 saturated heterocycles. The normalized spacial score (nSPS) is 10.4. The van der Waals surface area contributed by atoms with Crippen molar-refractivity contribution in [2.45, 2.75) is 48.5 Å². The zero-order valence-electron chi connectivity index (χ0n) is 45.9. The van der Waals surface area contributed by atoms with Gasteiger partial charge in [-0.15, -0.1) is 0 Å². The number of allylic oxidation sites excluding steroid dienone is 1. The largest absolute Gasteiger partial charge is 0.310 e. The van der Waals surface area contributed by atoms with Crippen molar-refractivity contribution in [2.24, 2.45) is 0 Å². The second-order valence-corrected chi connectivity index (χ2v) is 19.0. The summed E-state index contributed by atoms with van der Waals surface area (Å²) < 4.78 is 0. The van der Waals surface area contributed by atoms with Crippen molar-refractivity contribution in [1.29, 1.82) is 0 Å². The van der Waals surface area contributed by atoms with Gasteiger partial charge in [0, 0.05) is 39.4 Å². The zero-order chi connectivity index (χ0) is 54.2. The Balaban J connectivity index is 0.000000245. The monoisotopic (exact) mass is 1000 g/mol. The quantitative estimate of drug-likeness (QED) is 0.142. The molecule has 0 fully saturated rings. The standard InChI is InChI=1S/C47H40N2.4C7H8/c1-5-36-12-7-9-15-44(36)46(6-2)48(40-26-18-34(3)19-27-40)42-30-22-37(23-31-42)38-24-32-43(33-25-38)49(41-28-20-35(4)21-29-41)47-17-11-14-39-13-8-10-16-45(39)47;4*1-7-5-3-2-4-6-7/h5-33H,1H2,2-4H3;4*2-6H,1H3/b46-6+;;;;. The first kappa shape index (κ1) is 55.5. The van der Waals surface area contributed by atoms with Gasteiger partial charge in [-0.1, -0.05) is 283 Å². The average Bonchev–Trinajstić information content (AvgIpc) is 3.48. The van der Waals surface area contributed by atoms with E-state index in [0.29, 0.717) is 0 Å². The average molecular weight is 1000 g/mol. The third kappa shape index (κ3) is 16.4. The molecule has 2 heteroatoms. The molecule has 0 bridgehead atoms. The van der Waals surface area contributed by atoms with Gasteiger partial charge in [0.05, 0.1) is 5.69 Å². The summed E-state index contributed by atoms with van der Waals surface area (Å²) in [6.45, 7) is 18.8. The number of fused-ring (bicyclic) bond motifs is 1. The van der Waals surface area contributed by atoms with E-state index in [1.165, 1.54) is 55.3 Å². The van der Waals surface area contributed by atoms with Crippen molar-refractivity contribution in [3.8, 4) is 11.1 Å². The molecule has 0 aliphatic rings. The number of anilines is 5. The highest BCUT2D eigenvalue weighted by Gasteiger charge is 2.19. The van der Waals surface area contributed by atoms with Gasteiger partial charge in [0.25, 0.3) is 0 Å². The fraction of sp³-hybridized carbons (Fsp3) is 0.0933. The van der Waals surface area contributed by atoms with Gasteiger partial charge >= 0.3 is 0 Å². The van der Waals surface area contributed by atoms with Gasteiger partial charge in [-0.2, -0.15) is 0 Å². The molecule has 0 atom stereocenters. The van der Waals surface area contributed by atoms with E-state index >= 15 is 0 Å². The van der Waals surface area contributed by atoms with E-state index in [-0.39, 0.29) is 0 Å². The van der Waals surface area contributed by atoms with E-state index in [1.807, 2.05) is 78.9 Å². The third-order valence-corrected chi connectivity index (χ3v) is 12.9. The summed E-state index contributed by atoms with van der Waals surface area (Å²) >= 11 is 0. The molecule has 0 unspecified atom stereocenters. The molecule has 382 valence electrons. The van der Waals surface area contributed by atoms with Gasteiger partial charge in [0.1, 0.15) is 0 Å². The van der Waals surface area contributed by atoms with Gasteiger partial charge in [-0.05, 0) is 125 Å². The summed E-state index contributed by atoms with van der Waals surface area (Å²) in [5.41, 5.74) is 19.1. The molecule has 0 radical (unpaired) electrons. The van der Waals surface area contributed by atoms with Crippen LogP contribution in [0.3, 0.4) is 0 Å². The van der Waals surface area contributed by atoms with E-state index in [4.69, 9.17) is 0 Å². The highest BCUT2D eigenvalue weighted by molar-refractivity contribution is 5.99. The third-order valence-electron chi connectivity index (χ3n) is 12.9. The van der Waals surface area contributed by atoms with Crippen molar-refractivity contribution < 1.29 is 0 Å². The highest BCUT2D eigenvalue weighted by atomic mass is 15.2. The highest BCUT2D eigenvalue weighted by Crippen LogP contribution is 2.41. The predicted molar refractivity (Wildman–Crippen MR) is 337 cm³/mol. The molecule has 77 heavy (non-hydrogen) atoms. The fourth-order valence-corrected chi connectivity index (χ4v) is 8.70. The van der Waals surface area contributed by atoms with Crippen LogP contribution in [0.1, 0.15) is 51.4 Å². The molecule has 0 aliphatic heterocycles. The van der Waals surface area contributed by atoms with Crippen molar-refractivity contribution in [1.82, 2.24) is 0 Å². The minimum absolute atomic E-state index is 1.10. The molecule has 2 nitrogen and oxygen atoms in total. The molecule has 0 spiro atoms. The van der Waals surface area contributed by atoms with Crippen molar-refractivity contribution >= 4 is 51.0 Å². The summed E-state index contributed by atoms with van der Waals surface area (Å²) in [6, 6.07) is 99.9. The number of hydrogen-bond donors (Lipinski definition) is 0. The molecule has 11 aromatic carbocycles. The van der Waals surface area contributed by atoms with Crippen LogP contribution in [0.15, 0.2) is 298 Å². The van der Waals surface area contributed by atoms with Crippen LogP contribution < -0.4 is 9.80 Å². The van der Waals surface area contributed by atoms with Crippen LogP contribution in [0.5, 0.6) is 0 Å². The summed E-state index contributed by atoms with van der Waals surface area (Å²) in [6.07, 6.45) is 4.11. The molecular weight excluding hydrogens is 929 g/mol. The van der Waals surface area contributed by atoms with Crippen molar-refractivity contribution in [3.63, 3.8) is 0 Å². The fourth-order valence-electron chi connectivity index (χ4n) is 8.70. The van der Waals surface area contributed by atoms with E-state index in [2.05, 4.69) is 283 Å². The van der Waals surface area contributed by atoms with Crippen LogP contribution in [0, 0.1) is 41.5 Å². The summed E-state index contributed by atoms with van der Waals surface area (Å²) in [7, 11) is 0. The van der Waals surface area contributed by atoms with E-state index in [9.17, 15) is 0 Å². The van der Waals surface area contributed by atoms with Crippen LogP contribution in [0.25, 0.3) is 33.7 Å². The first-order valence-electron chi connectivity index (χ1n) is 26.5. The Morgan fingerprint density at radius 1 is 0.325 bits per heavy atom. The number of nitrogens with zero attached hydrogens (tertiary/aromatic N) is 2. The van der Waals surface area contributed by atoms with E-state index in [0.717, 1.165) is 45.3 Å². The molecule has 0 heterocycles. The Morgan fingerprint density at radius 2 is 0.662 bits per heavy atom. The molecule has 11 rings (SSSR count). The number of rotatable bonds is 9. The lowest BCUT2D eigenvalue weighted by atomic mass is 10.0. The minimum atomic E-state index is 1.10. The molecule has 0 aromatic heterocycles. The summed E-state index contributed by atoms with van der Waals surface area (Å²) in [5, 5.41) is 2.45. The maximum Gasteiger partial charge on any atom is 0.0540 e. The first-order valence-corrected chi connectivity index (χ1v) is 26.5. The van der Waals surface area contributed by atoms with Crippen LogP contribution in [0.4, 0.5) is 28.4 Å². The van der Waals surface area contributed by atoms with Gasteiger partial charge in [-0.3, -0.25) is 0 Å². The van der Waals surface area contributed by atoms with Crippen LogP contribution in [-0.4, -0.2) is 0 Å². The Kier molecular flexibility index (Phi) is 20.9. The zero-order valence-corrected chi connectivity index (χ0v) is 45.9. The SMILES string of the molecule is C=Cc1ccccc1/C(=C\C)N(c1ccc(C)cc1)c1ccc(-c2ccc(N(c3ccc(C)cc3)c3cccc4ccccc34)cc2)cc1.Cc1ccccc1.Cc1ccccc1.Cc1ccccc1.Cc1ccccc1. The van der Waals surface area contributed by atoms with Crippen molar-refractivity contribution in [2.75, 3.05) is 9.80 Å². The lowest BCUT2D eigenvalue weighted by molar-refractivity contribution is 1.27. The van der Waals surface area contributed by atoms with Crippen LogP contribution in [-0.2, 0) is 0 Å². The molecule has 0 amide bonds. The molecule has 0 saturated carbocycles. The predicted octanol–water partition coefficient (Wildman–Crippen LogP) is 21.4. The Bertz CT molecular complexity index is 3340. The van der Waals surface area contributed by atoms with E-state index in [1.54, 1.807) is 0 Å². The van der Waals surface area contributed by atoms with Crippen molar-refractivity contribution in [3.05, 3.63) is 342 Å². The lowest BCUT2D eigenvalue weighted by Crippen LogP contribution is -2.16. The molecule has 0 N–H and O–H groups in total. The van der Waals surface area contributed by atoms with Gasteiger partial charge in [0.15, 0.2) is 0 Å². The van der Waals surface area contributed by atoms with Gasteiger partial charge in [-0.25, -0.2) is 0 Å². The van der Waals surface area contributed by atoms with Gasteiger partial charge in [0.2, 0.25) is 0 Å². The maximum absolute atomic E-state index is 4.09. The summed E-state index contributed by atoms with van der Waals surface area (Å²) in [4.78, 5) is 4.69. The number of benzene rings is 11. The number of aryl methyl sites for hydroxylation is 6. The topological polar surface area (TPSA) is 6.48 Å². The Hall–Kier alpha value is -9.24. The smallest absolute Gasteiger partial charge is 0.0540 e. The minimum Gasteiger partial charge on any atom is -0.310 e. The van der Waals surface area contributed by atoms with Gasteiger partial charge < -0.3 is 9.80 Å².